The van der Waals surface area contributed by atoms with Crippen LogP contribution in [0.15, 0.2) is 41.3 Å². The molecule has 1 saturated heterocycles. The minimum Gasteiger partial charge on any atom is -0.378 e. The van der Waals surface area contributed by atoms with E-state index in [-0.39, 0.29) is 23.9 Å². The average molecular weight is 519 g/mol. The number of hydrogen-bond donors (Lipinski definition) is 1. The van der Waals surface area contributed by atoms with E-state index in [0.717, 1.165) is 12.1 Å². The first-order valence-corrected chi connectivity index (χ1v) is 11.8. The molecule has 2 unspecified atom stereocenters. The number of benzene rings is 2. The second kappa shape index (κ2) is 9.66. The maximum absolute atomic E-state index is 13.1. The molecule has 2 atom stereocenters. The van der Waals surface area contributed by atoms with E-state index < -0.39 is 46.4 Å². The molecule has 1 aliphatic heterocycles. The van der Waals surface area contributed by atoms with Gasteiger partial charge in [-0.3, -0.25) is 9.29 Å². The summed E-state index contributed by atoms with van der Waals surface area (Å²) in [6.07, 6.45) is -4.83. The fraction of sp³-hybridized carbons (Fsp3) is 0.294. The highest BCUT2D eigenvalue weighted by atomic mass is 35.5. The number of rotatable bonds is 6. The van der Waals surface area contributed by atoms with Gasteiger partial charge in [-0.25, -0.2) is 13.0 Å². The van der Waals surface area contributed by atoms with Crippen LogP contribution in [-0.4, -0.2) is 33.2 Å². The number of hydroxylamine groups is 2. The third-order valence-corrected chi connectivity index (χ3v) is 6.71. The van der Waals surface area contributed by atoms with Crippen LogP contribution in [0.25, 0.3) is 0 Å². The highest BCUT2D eigenvalue weighted by Gasteiger charge is 2.35. The zero-order valence-corrected chi connectivity index (χ0v) is 19.0. The van der Waals surface area contributed by atoms with Crippen LogP contribution in [0.1, 0.15) is 17.2 Å². The first kappa shape index (κ1) is 24.3. The van der Waals surface area contributed by atoms with Crippen LogP contribution in [0, 0.1) is 0 Å². The van der Waals surface area contributed by atoms with Crippen molar-refractivity contribution in [1.29, 1.82) is 0 Å². The van der Waals surface area contributed by atoms with Gasteiger partial charge in [-0.15, -0.1) is 0 Å². The molecule has 1 fully saturated rings. The van der Waals surface area contributed by atoms with Crippen molar-refractivity contribution >= 4 is 47.6 Å². The van der Waals surface area contributed by atoms with E-state index in [2.05, 4.69) is 4.72 Å². The number of anilines is 1. The molecule has 2 aromatic carbocycles. The molecule has 1 N–H and O–H groups in total. The maximum Gasteiger partial charge on any atom is 0.417 e. The molecule has 0 amide bonds. The molecule has 0 spiro atoms. The Kier molecular flexibility index (Phi) is 7.58. The predicted octanol–water partition coefficient (Wildman–Crippen LogP) is 4.79. The SMILES string of the molecule is O=[PH2]ON1CCOCC1c1ccc(Cl)cc1NS(=O)(=O)c1ccc(Cl)c(C(F)(F)F)c1. The van der Waals surface area contributed by atoms with Crippen molar-refractivity contribution in [2.75, 3.05) is 24.5 Å². The summed E-state index contributed by atoms with van der Waals surface area (Å²) in [5.74, 6) is 0. The second-order valence-electron chi connectivity index (χ2n) is 6.41. The van der Waals surface area contributed by atoms with Crippen LogP contribution in [-0.2, 0) is 30.1 Å². The van der Waals surface area contributed by atoms with Crippen LogP contribution < -0.4 is 4.72 Å². The minimum atomic E-state index is -4.83. The molecule has 0 aliphatic carbocycles. The van der Waals surface area contributed by atoms with Gasteiger partial charge in [0.15, 0.2) is 8.69 Å². The molecule has 2 aromatic rings. The summed E-state index contributed by atoms with van der Waals surface area (Å²) in [5, 5.41) is 0.964. The Morgan fingerprint density at radius 3 is 2.61 bits per heavy atom. The first-order chi connectivity index (χ1) is 14.5. The molecule has 7 nitrogen and oxygen atoms in total. The van der Waals surface area contributed by atoms with E-state index in [4.69, 9.17) is 32.6 Å². The molecule has 1 heterocycles. The summed E-state index contributed by atoms with van der Waals surface area (Å²) in [5.41, 5.74) is -0.881. The summed E-state index contributed by atoms with van der Waals surface area (Å²) in [7, 11) is -6.01. The van der Waals surface area contributed by atoms with Gasteiger partial charge in [0.05, 0.1) is 40.4 Å². The molecule has 3 rings (SSSR count). The molecule has 170 valence electrons. The summed E-state index contributed by atoms with van der Waals surface area (Å²) in [4.78, 5) is -0.632. The number of alkyl halides is 3. The van der Waals surface area contributed by atoms with E-state index in [1.54, 1.807) is 0 Å². The van der Waals surface area contributed by atoms with Gasteiger partial charge in [0.2, 0.25) is 0 Å². The van der Waals surface area contributed by atoms with Crippen molar-refractivity contribution in [3.05, 3.63) is 57.6 Å². The van der Waals surface area contributed by atoms with Crippen molar-refractivity contribution in [3.63, 3.8) is 0 Å². The Morgan fingerprint density at radius 2 is 1.94 bits per heavy atom. The largest absolute Gasteiger partial charge is 0.417 e. The third kappa shape index (κ3) is 5.73. The van der Waals surface area contributed by atoms with Gasteiger partial charge in [-0.2, -0.15) is 18.2 Å². The van der Waals surface area contributed by atoms with E-state index in [1.165, 1.54) is 23.3 Å². The molecule has 0 radical (unpaired) electrons. The summed E-state index contributed by atoms with van der Waals surface area (Å²) >= 11 is 11.6. The van der Waals surface area contributed by atoms with Crippen LogP contribution in [0.3, 0.4) is 0 Å². The quantitative estimate of drug-likeness (QED) is 0.553. The highest BCUT2D eigenvalue weighted by molar-refractivity contribution is 7.92. The van der Waals surface area contributed by atoms with E-state index >= 15 is 0 Å². The summed E-state index contributed by atoms with van der Waals surface area (Å²) in [6.45, 7) is 0.700. The average Bonchev–Trinajstić information content (AvgIpc) is 2.68. The lowest BCUT2D eigenvalue weighted by atomic mass is 10.0. The number of sulfonamides is 1. The number of ether oxygens (including phenoxy) is 1. The van der Waals surface area contributed by atoms with Crippen molar-refractivity contribution in [2.24, 2.45) is 0 Å². The zero-order valence-electron chi connectivity index (χ0n) is 15.5. The predicted molar refractivity (Wildman–Crippen MR) is 110 cm³/mol. The lowest BCUT2D eigenvalue weighted by molar-refractivity contribution is -0.152. The van der Waals surface area contributed by atoms with E-state index in [0.29, 0.717) is 18.2 Å². The van der Waals surface area contributed by atoms with Crippen molar-refractivity contribution in [3.8, 4) is 0 Å². The Morgan fingerprint density at radius 1 is 1.19 bits per heavy atom. The fourth-order valence-corrected chi connectivity index (χ4v) is 4.88. The third-order valence-electron chi connectivity index (χ3n) is 4.43. The van der Waals surface area contributed by atoms with E-state index in [1.807, 2.05) is 0 Å². The maximum atomic E-state index is 13.1. The van der Waals surface area contributed by atoms with E-state index in [9.17, 15) is 26.2 Å². The molecular formula is C17H16Cl2F3N2O5PS. The summed E-state index contributed by atoms with van der Waals surface area (Å²) < 4.78 is 89.0. The lowest BCUT2D eigenvalue weighted by Gasteiger charge is -2.34. The van der Waals surface area contributed by atoms with Gasteiger partial charge in [0.1, 0.15) is 0 Å². The van der Waals surface area contributed by atoms with Crippen molar-refractivity contribution in [2.45, 2.75) is 17.1 Å². The van der Waals surface area contributed by atoms with Gasteiger partial charge in [-0.05, 0) is 35.9 Å². The number of halogens is 5. The van der Waals surface area contributed by atoms with Gasteiger partial charge in [0, 0.05) is 11.6 Å². The van der Waals surface area contributed by atoms with Crippen LogP contribution >= 0.6 is 31.9 Å². The first-order valence-electron chi connectivity index (χ1n) is 8.67. The van der Waals surface area contributed by atoms with Gasteiger partial charge in [-0.1, -0.05) is 29.3 Å². The normalized spacial score (nSPS) is 18.5. The molecule has 0 aromatic heterocycles. The van der Waals surface area contributed by atoms with Crippen LogP contribution in [0.5, 0.6) is 0 Å². The molecular weight excluding hydrogens is 503 g/mol. The minimum absolute atomic E-state index is 0.0148. The van der Waals surface area contributed by atoms with Crippen LogP contribution in [0.4, 0.5) is 18.9 Å². The van der Waals surface area contributed by atoms with Crippen LogP contribution in [0.2, 0.25) is 10.0 Å². The standard InChI is InChI=1S/C17H16Cl2F3N2O5PS/c18-10-1-3-12(16-9-28-6-5-24(16)29-30-25)15(7-10)23-31(26,27)11-2-4-14(19)13(8-11)17(20,21)22/h1-4,7-8,16,23H,5-6,9,30H2. The number of morpholine rings is 1. The van der Waals surface area contributed by atoms with Gasteiger partial charge >= 0.3 is 6.18 Å². The Bertz CT molecular complexity index is 1090. The van der Waals surface area contributed by atoms with Gasteiger partial charge in [0.25, 0.3) is 10.0 Å². The second-order valence-corrected chi connectivity index (χ2v) is 9.34. The smallest absolute Gasteiger partial charge is 0.378 e. The fourth-order valence-electron chi connectivity index (χ4n) is 3.01. The lowest BCUT2D eigenvalue weighted by Crippen LogP contribution is -2.38. The molecule has 0 saturated carbocycles. The Labute approximate surface area is 187 Å². The number of hydrogen-bond acceptors (Lipinski definition) is 6. The zero-order chi connectivity index (χ0) is 22.8. The molecule has 1 aliphatic rings. The Hall–Kier alpha value is -1.33. The van der Waals surface area contributed by atoms with Crippen molar-refractivity contribution in [1.82, 2.24) is 5.06 Å². The highest BCUT2D eigenvalue weighted by Crippen LogP contribution is 2.37. The molecule has 14 heteroatoms. The topological polar surface area (TPSA) is 84.9 Å². The molecule has 0 bridgehead atoms. The number of nitrogens with zero attached hydrogens (tertiary/aromatic N) is 1. The number of nitrogens with one attached hydrogen (secondary N) is 1. The van der Waals surface area contributed by atoms with Crippen molar-refractivity contribution < 1.29 is 35.5 Å². The van der Waals surface area contributed by atoms with Gasteiger partial charge < -0.3 is 4.74 Å². The monoisotopic (exact) mass is 518 g/mol. The Balaban J connectivity index is 2.01. The molecule has 31 heavy (non-hydrogen) atoms. The summed E-state index contributed by atoms with van der Waals surface area (Å²) in [6, 6.07) is 6.00.